The van der Waals surface area contributed by atoms with E-state index in [1.807, 2.05) is 12.3 Å². The van der Waals surface area contributed by atoms with Crippen molar-refractivity contribution in [1.82, 2.24) is 19.5 Å². The molecule has 114 valence electrons. The Balaban J connectivity index is 2.40. The molecular weight excluding hydrogens is 300 g/mol. The Morgan fingerprint density at radius 2 is 2.23 bits per heavy atom. The van der Waals surface area contributed by atoms with E-state index in [1.54, 1.807) is 23.9 Å². The number of anilines is 2. The zero-order valence-corrected chi connectivity index (χ0v) is 13.1. The van der Waals surface area contributed by atoms with Crippen molar-refractivity contribution < 1.29 is 0 Å². The van der Waals surface area contributed by atoms with Gasteiger partial charge in [-0.1, -0.05) is 6.92 Å². The van der Waals surface area contributed by atoms with Gasteiger partial charge in [-0.3, -0.25) is 9.36 Å². The number of nitrogen functional groups attached to an aromatic ring is 1. The Morgan fingerprint density at radius 1 is 1.41 bits per heavy atom. The fourth-order valence-corrected chi connectivity index (χ4v) is 2.89. The van der Waals surface area contributed by atoms with Crippen LogP contribution in [0.1, 0.15) is 13.3 Å². The summed E-state index contributed by atoms with van der Waals surface area (Å²) in [6, 6.07) is 1.71. The van der Waals surface area contributed by atoms with E-state index in [9.17, 15) is 4.79 Å². The van der Waals surface area contributed by atoms with Crippen molar-refractivity contribution in [2.24, 2.45) is 0 Å². The third-order valence-electron chi connectivity index (χ3n) is 3.27. The average Bonchev–Trinajstić information content (AvgIpc) is 3.04. The number of fused-ring (bicyclic) bond motifs is 1. The predicted molar refractivity (Wildman–Crippen MR) is 89.2 cm³/mol. The van der Waals surface area contributed by atoms with Crippen molar-refractivity contribution in [2.45, 2.75) is 19.9 Å². The number of pyridine rings is 1. The Bertz CT molecular complexity index is 871. The molecule has 0 aliphatic rings. The third kappa shape index (κ3) is 2.31. The van der Waals surface area contributed by atoms with E-state index in [1.165, 1.54) is 11.3 Å². The second kappa shape index (κ2) is 5.72. The van der Waals surface area contributed by atoms with Crippen molar-refractivity contribution in [3.05, 3.63) is 28.0 Å². The highest BCUT2D eigenvalue weighted by Gasteiger charge is 2.17. The lowest BCUT2D eigenvalue weighted by molar-refractivity contribution is 0.670. The molecule has 0 aliphatic heterocycles. The summed E-state index contributed by atoms with van der Waals surface area (Å²) >= 11 is 1.38. The van der Waals surface area contributed by atoms with Gasteiger partial charge in [0, 0.05) is 31.2 Å². The van der Waals surface area contributed by atoms with Crippen LogP contribution in [0.4, 0.5) is 11.5 Å². The number of aryl methyl sites for hydroxylation is 1. The molecule has 0 spiro atoms. The van der Waals surface area contributed by atoms with Crippen molar-refractivity contribution in [3.63, 3.8) is 0 Å². The molecular formula is C14H16N6OS. The van der Waals surface area contributed by atoms with Crippen LogP contribution in [-0.2, 0) is 6.54 Å². The minimum Gasteiger partial charge on any atom is -0.397 e. The minimum absolute atomic E-state index is 0.190. The van der Waals surface area contributed by atoms with Gasteiger partial charge in [-0.05, 0) is 6.42 Å². The summed E-state index contributed by atoms with van der Waals surface area (Å²) in [6.07, 6.45) is 2.46. The molecule has 3 N–H and O–H groups in total. The topological polar surface area (TPSA) is 98.7 Å². The van der Waals surface area contributed by atoms with Crippen LogP contribution in [0.2, 0.25) is 0 Å². The highest BCUT2D eigenvalue weighted by atomic mass is 32.1. The van der Waals surface area contributed by atoms with E-state index in [-0.39, 0.29) is 5.56 Å². The van der Waals surface area contributed by atoms with Crippen LogP contribution in [0.25, 0.3) is 21.9 Å². The Hall–Kier alpha value is -2.48. The first-order valence-electron chi connectivity index (χ1n) is 6.94. The number of hydrogen-bond acceptors (Lipinski definition) is 7. The summed E-state index contributed by atoms with van der Waals surface area (Å²) < 4.78 is 1.62. The molecule has 22 heavy (non-hydrogen) atoms. The lowest BCUT2D eigenvalue weighted by atomic mass is 10.3. The second-order valence-electron chi connectivity index (χ2n) is 4.77. The molecule has 0 fully saturated rings. The summed E-state index contributed by atoms with van der Waals surface area (Å²) in [5.41, 5.74) is 7.73. The lowest BCUT2D eigenvalue weighted by Gasteiger charge is -2.12. The van der Waals surface area contributed by atoms with Gasteiger partial charge in [0.15, 0.2) is 11.3 Å². The van der Waals surface area contributed by atoms with Crippen molar-refractivity contribution in [2.75, 3.05) is 18.1 Å². The highest BCUT2D eigenvalue weighted by Crippen LogP contribution is 2.24. The molecule has 0 saturated heterocycles. The van der Waals surface area contributed by atoms with E-state index in [0.29, 0.717) is 39.9 Å². The number of rotatable bonds is 4. The molecule has 3 heterocycles. The van der Waals surface area contributed by atoms with E-state index in [2.05, 4.69) is 20.3 Å². The van der Waals surface area contributed by atoms with Crippen LogP contribution in [0, 0.1) is 0 Å². The molecule has 0 saturated carbocycles. The van der Waals surface area contributed by atoms with Gasteiger partial charge in [0.25, 0.3) is 5.56 Å². The zero-order chi connectivity index (χ0) is 15.7. The van der Waals surface area contributed by atoms with E-state index >= 15 is 0 Å². The first kappa shape index (κ1) is 14.5. The van der Waals surface area contributed by atoms with E-state index in [0.717, 1.165) is 6.42 Å². The van der Waals surface area contributed by atoms with Crippen LogP contribution >= 0.6 is 11.3 Å². The summed E-state index contributed by atoms with van der Waals surface area (Å²) in [6.45, 7) is 2.56. The quantitative estimate of drug-likeness (QED) is 0.763. The van der Waals surface area contributed by atoms with Crippen molar-refractivity contribution in [3.8, 4) is 10.7 Å². The number of nitrogens with zero attached hydrogens (tertiary/aromatic N) is 4. The lowest BCUT2D eigenvalue weighted by Crippen LogP contribution is -2.25. The van der Waals surface area contributed by atoms with Crippen LogP contribution in [0.3, 0.4) is 0 Å². The van der Waals surface area contributed by atoms with Gasteiger partial charge < -0.3 is 11.1 Å². The normalized spacial score (nSPS) is 11.0. The third-order valence-corrected chi connectivity index (χ3v) is 4.05. The molecule has 0 bridgehead atoms. The molecule has 0 aliphatic carbocycles. The maximum absolute atomic E-state index is 12.7. The van der Waals surface area contributed by atoms with E-state index in [4.69, 9.17) is 5.73 Å². The number of hydrogen-bond donors (Lipinski definition) is 2. The van der Waals surface area contributed by atoms with Gasteiger partial charge in [-0.15, -0.1) is 11.3 Å². The van der Waals surface area contributed by atoms with Gasteiger partial charge in [0.05, 0.1) is 5.69 Å². The van der Waals surface area contributed by atoms with Crippen molar-refractivity contribution in [1.29, 1.82) is 0 Å². The molecule has 0 aromatic carbocycles. The smallest absolute Gasteiger partial charge is 0.281 e. The van der Waals surface area contributed by atoms with Crippen LogP contribution < -0.4 is 16.6 Å². The first-order chi connectivity index (χ1) is 10.7. The highest BCUT2D eigenvalue weighted by molar-refractivity contribution is 7.13. The predicted octanol–water partition coefficient (Wildman–Crippen LogP) is 1.95. The van der Waals surface area contributed by atoms with Crippen LogP contribution in [-0.4, -0.2) is 26.6 Å². The molecule has 0 radical (unpaired) electrons. The summed E-state index contributed by atoms with van der Waals surface area (Å²) in [5, 5.41) is 5.35. The Kier molecular flexibility index (Phi) is 3.76. The SMILES string of the molecule is CCCn1c(=O)c(-c2nccs2)nc2c(N)cc(NC)nc21. The summed E-state index contributed by atoms with van der Waals surface area (Å²) in [4.78, 5) is 25.8. The molecule has 0 unspecified atom stereocenters. The number of nitrogens with two attached hydrogens (primary N) is 1. The van der Waals surface area contributed by atoms with Crippen molar-refractivity contribution >= 4 is 34.0 Å². The molecule has 0 amide bonds. The molecule has 3 aromatic heterocycles. The molecule has 3 aromatic rings. The van der Waals surface area contributed by atoms with Gasteiger partial charge in [-0.2, -0.15) is 0 Å². The largest absolute Gasteiger partial charge is 0.397 e. The monoisotopic (exact) mass is 316 g/mol. The summed E-state index contributed by atoms with van der Waals surface area (Å²) in [7, 11) is 1.76. The minimum atomic E-state index is -0.190. The van der Waals surface area contributed by atoms with Gasteiger partial charge in [0.2, 0.25) is 0 Å². The Morgan fingerprint density at radius 3 is 2.86 bits per heavy atom. The molecule has 3 rings (SSSR count). The maximum atomic E-state index is 12.7. The second-order valence-corrected chi connectivity index (χ2v) is 5.67. The van der Waals surface area contributed by atoms with Crippen LogP contribution in [0.15, 0.2) is 22.4 Å². The number of nitrogens with one attached hydrogen (secondary N) is 1. The molecule has 7 nitrogen and oxygen atoms in total. The average molecular weight is 316 g/mol. The molecule has 0 atom stereocenters. The first-order valence-corrected chi connectivity index (χ1v) is 7.82. The maximum Gasteiger partial charge on any atom is 0.281 e. The Labute approximate surface area is 130 Å². The van der Waals surface area contributed by atoms with Gasteiger partial charge >= 0.3 is 0 Å². The number of thiazole rings is 1. The van der Waals surface area contributed by atoms with E-state index < -0.39 is 0 Å². The van der Waals surface area contributed by atoms with Gasteiger partial charge in [-0.25, -0.2) is 15.0 Å². The van der Waals surface area contributed by atoms with Gasteiger partial charge in [0.1, 0.15) is 16.3 Å². The zero-order valence-electron chi connectivity index (χ0n) is 12.3. The summed E-state index contributed by atoms with van der Waals surface area (Å²) in [5.74, 6) is 0.609. The number of aromatic nitrogens is 4. The van der Waals surface area contributed by atoms with Crippen LogP contribution in [0.5, 0.6) is 0 Å². The fourth-order valence-electron chi connectivity index (χ4n) is 2.27. The molecule has 8 heteroatoms. The fraction of sp³-hybridized carbons (Fsp3) is 0.286. The standard InChI is InChI=1S/C14H16N6OS/c1-3-5-20-12-10(8(15)7-9(16-2)18-12)19-11(14(20)21)13-17-4-6-22-13/h4,6-7H,3,5H2,1-2H3,(H3,15,16,18).